The van der Waals surface area contributed by atoms with Gasteiger partial charge in [-0.05, 0) is 28.1 Å². The van der Waals surface area contributed by atoms with Gasteiger partial charge in [-0.1, -0.05) is 0 Å². The minimum Gasteiger partial charge on any atom is -0.355 e. The summed E-state index contributed by atoms with van der Waals surface area (Å²) in [6.45, 7) is 1.84. The van der Waals surface area contributed by atoms with E-state index >= 15 is 0 Å². The smallest absolute Gasteiger partial charge is 0.250 e. The molecule has 5 nitrogen and oxygen atoms in total. The molecule has 2 N–H and O–H groups in total. The van der Waals surface area contributed by atoms with Crippen molar-refractivity contribution in [2.75, 3.05) is 13.1 Å². The monoisotopic (exact) mass is 326 g/mol. The summed E-state index contributed by atoms with van der Waals surface area (Å²) in [7, 11) is -3.45. The van der Waals surface area contributed by atoms with Gasteiger partial charge in [0.25, 0.3) is 0 Å². The van der Waals surface area contributed by atoms with Crippen molar-refractivity contribution in [1.82, 2.24) is 10.0 Å². The molecule has 0 aliphatic rings. The summed E-state index contributed by atoms with van der Waals surface area (Å²) < 4.78 is 26.7. The highest BCUT2D eigenvalue weighted by Gasteiger charge is 2.15. The van der Waals surface area contributed by atoms with E-state index in [4.69, 9.17) is 0 Å². The van der Waals surface area contributed by atoms with Crippen molar-refractivity contribution < 1.29 is 13.2 Å². The summed E-state index contributed by atoms with van der Waals surface area (Å²) in [6, 6.07) is 3.20. The lowest BCUT2D eigenvalue weighted by Crippen LogP contribution is -2.33. The van der Waals surface area contributed by atoms with Gasteiger partial charge in [-0.25, -0.2) is 13.1 Å². The zero-order valence-electron chi connectivity index (χ0n) is 8.49. The average molecular weight is 327 g/mol. The summed E-state index contributed by atoms with van der Waals surface area (Å²) in [5, 5.41) is 2.50. The molecule has 0 unspecified atom stereocenters. The summed E-state index contributed by atoms with van der Waals surface area (Å²) >= 11 is 4.33. The molecule has 0 atom stereocenters. The van der Waals surface area contributed by atoms with E-state index in [-0.39, 0.29) is 23.2 Å². The normalized spacial score (nSPS) is 11.4. The van der Waals surface area contributed by atoms with Crippen LogP contribution in [0.3, 0.4) is 0 Å². The van der Waals surface area contributed by atoms with Crippen LogP contribution in [0.25, 0.3) is 0 Å². The van der Waals surface area contributed by atoms with Crippen molar-refractivity contribution in [1.29, 1.82) is 0 Å². The fourth-order valence-corrected chi connectivity index (χ4v) is 4.02. The lowest BCUT2D eigenvalue weighted by atomic mass is 10.6. The Morgan fingerprint density at radius 2 is 2.12 bits per heavy atom. The maximum absolute atomic E-state index is 11.7. The third-order valence-corrected chi connectivity index (χ3v) is 5.18. The van der Waals surface area contributed by atoms with Crippen LogP contribution in [0.5, 0.6) is 0 Å². The quantitative estimate of drug-likeness (QED) is 0.790. The zero-order chi connectivity index (χ0) is 12.2. The van der Waals surface area contributed by atoms with Crippen LogP contribution in [0, 0.1) is 0 Å². The lowest BCUT2D eigenvalue weighted by molar-refractivity contribution is -0.118. The molecule has 90 valence electrons. The van der Waals surface area contributed by atoms with Crippen LogP contribution < -0.4 is 10.0 Å². The van der Waals surface area contributed by atoms with Crippen molar-refractivity contribution in [3.8, 4) is 0 Å². The van der Waals surface area contributed by atoms with E-state index in [9.17, 15) is 13.2 Å². The molecule has 0 saturated heterocycles. The molecule has 0 radical (unpaired) electrons. The van der Waals surface area contributed by atoms with E-state index < -0.39 is 10.0 Å². The summed E-state index contributed by atoms with van der Waals surface area (Å²) in [5.74, 6) is -0.182. The molecule has 0 spiro atoms. The third-order valence-electron chi connectivity index (χ3n) is 1.60. The van der Waals surface area contributed by atoms with E-state index in [0.717, 1.165) is 15.1 Å². The summed E-state index contributed by atoms with van der Waals surface area (Å²) in [5.41, 5.74) is 0. The number of thiophene rings is 1. The molecule has 1 rings (SSSR count). The molecule has 1 aromatic heterocycles. The van der Waals surface area contributed by atoms with Crippen molar-refractivity contribution in [3.63, 3.8) is 0 Å². The van der Waals surface area contributed by atoms with E-state index in [1.165, 1.54) is 13.0 Å². The minimum atomic E-state index is -3.45. The molecule has 0 bridgehead atoms. The summed E-state index contributed by atoms with van der Waals surface area (Å²) in [6.07, 6.45) is 0. The average Bonchev–Trinajstić information content (AvgIpc) is 2.60. The Hall–Kier alpha value is -0.440. The highest BCUT2D eigenvalue weighted by atomic mass is 79.9. The molecular formula is C8H11BrN2O3S2. The number of carbonyl (C=O) groups is 1. The fourth-order valence-electron chi connectivity index (χ4n) is 0.937. The molecule has 0 fully saturated rings. The maximum Gasteiger partial charge on any atom is 0.250 e. The minimum absolute atomic E-state index is 0.178. The van der Waals surface area contributed by atoms with Crippen LogP contribution in [0.2, 0.25) is 0 Å². The number of rotatable bonds is 5. The van der Waals surface area contributed by atoms with Gasteiger partial charge < -0.3 is 5.32 Å². The molecule has 0 aliphatic carbocycles. The number of carbonyl (C=O) groups excluding carboxylic acids is 1. The summed E-state index contributed by atoms with van der Waals surface area (Å²) in [4.78, 5) is 10.5. The number of amides is 1. The Bertz CT molecular complexity index is 469. The van der Waals surface area contributed by atoms with E-state index in [1.807, 2.05) is 0 Å². The number of hydrogen-bond donors (Lipinski definition) is 2. The van der Waals surface area contributed by atoms with Gasteiger partial charge in [0.05, 0.1) is 3.79 Å². The first-order valence-corrected chi connectivity index (χ1v) is 7.50. The molecule has 1 amide bonds. The second-order valence-electron chi connectivity index (χ2n) is 2.94. The second kappa shape index (κ2) is 5.76. The first kappa shape index (κ1) is 13.6. The van der Waals surface area contributed by atoms with E-state index in [2.05, 4.69) is 26.0 Å². The van der Waals surface area contributed by atoms with Crippen LogP contribution in [0.1, 0.15) is 6.92 Å². The van der Waals surface area contributed by atoms with Gasteiger partial charge in [0.2, 0.25) is 15.9 Å². The van der Waals surface area contributed by atoms with Crippen molar-refractivity contribution >= 4 is 43.2 Å². The Balaban J connectivity index is 2.50. The first-order valence-electron chi connectivity index (χ1n) is 4.41. The Morgan fingerprint density at radius 3 is 2.62 bits per heavy atom. The van der Waals surface area contributed by atoms with Crippen molar-refractivity contribution in [3.05, 3.63) is 15.9 Å². The topological polar surface area (TPSA) is 75.3 Å². The number of nitrogens with one attached hydrogen (secondary N) is 2. The highest BCUT2D eigenvalue weighted by Crippen LogP contribution is 2.25. The Morgan fingerprint density at radius 1 is 1.44 bits per heavy atom. The number of halogens is 1. The van der Waals surface area contributed by atoms with Gasteiger partial charge in [0.15, 0.2) is 0 Å². The van der Waals surface area contributed by atoms with Crippen molar-refractivity contribution in [2.24, 2.45) is 0 Å². The van der Waals surface area contributed by atoms with Crippen LogP contribution in [0.4, 0.5) is 0 Å². The molecule has 0 aromatic carbocycles. The van der Waals surface area contributed by atoms with Gasteiger partial charge in [0.1, 0.15) is 4.21 Å². The van der Waals surface area contributed by atoms with Gasteiger partial charge in [-0.2, -0.15) is 0 Å². The number of hydrogen-bond acceptors (Lipinski definition) is 4. The Kier molecular flexibility index (Phi) is 4.90. The molecule has 0 saturated carbocycles. The van der Waals surface area contributed by atoms with Gasteiger partial charge in [-0.3, -0.25) is 4.79 Å². The molecule has 8 heteroatoms. The predicted molar refractivity (Wildman–Crippen MR) is 65.9 cm³/mol. The first-order chi connectivity index (χ1) is 7.42. The number of sulfonamides is 1. The van der Waals surface area contributed by atoms with Crippen LogP contribution >= 0.6 is 27.3 Å². The van der Waals surface area contributed by atoms with Gasteiger partial charge >= 0.3 is 0 Å². The second-order valence-corrected chi connectivity index (χ2v) is 7.40. The molecule has 1 aromatic rings. The van der Waals surface area contributed by atoms with E-state index in [0.29, 0.717) is 0 Å². The molecule has 1 heterocycles. The predicted octanol–water partition coefficient (Wildman–Crippen LogP) is 0.925. The molecular weight excluding hydrogens is 316 g/mol. The van der Waals surface area contributed by atoms with E-state index in [1.54, 1.807) is 6.07 Å². The zero-order valence-corrected chi connectivity index (χ0v) is 11.7. The van der Waals surface area contributed by atoms with Crippen LogP contribution in [-0.2, 0) is 14.8 Å². The third kappa shape index (κ3) is 4.20. The lowest BCUT2D eigenvalue weighted by Gasteiger charge is -2.04. The van der Waals surface area contributed by atoms with Crippen molar-refractivity contribution in [2.45, 2.75) is 11.1 Å². The highest BCUT2D eigenvalue weighted by molar-refractivity contribution is 9.11. The Labute approximate surface area is 106 Å². The maximum atomic E-state index is 11.7. The van der Waals surface area contributed by atoms with Gasteiger partial charge in [0, 0.05) is 20.0 Å². The fraction of sp³-hybridized carbons (Fsp3) is 0.375. The largest absolute Gasteiger partial charge is 0.355 e. The molecule has 16 heavy (non-hydrogen) atoms. The van der Waals surface area contributed by atoms with Crippen LogP contribution in [-0.4, -0.2) is 27.4 Å². The standard InChI is InChI=1S/C8H11BrN2O3S2/c1-6(12)10-4-5-11-16(13,14)8-3-2-7(9)15-8/h2-3,11H,4-5H2,1H3,(H,10,12). The SMILES string of the molecule is CC(=O)NCCNS(=O)(=O)c1ccc(Br)s1. The van der Waals surface area contributed by atoms with Crippen LogP contribution in [0.15, 0.2) is 20.1 Å². The molecule has 0 aliphatic heterocycles. The van der Waals surface area contributed by atoms with Gasteiger partial charge in [-0.15, -0.1) is 11.3 Å².